The molecule has 0 saturated carbocycles. The lowest BCUT2D eigenvalue weighted by atomic mass is 9.85. The Bertz CT molecular complexity index is 345. The van der Waals surface area contributed by atoms with Crippen molar-refractivity contribution in [1.82, 2.24) is 10.2 Å². The summed E-state index contributed by atoms with van der Waals surface area (Å²) in [5, 5.41) is 5.49. The van der Waals surface area contributed by atoms with E-state index in [1.54, 1.807) is 0 Å². The van der Waals surface area contributed by atoms with E-state index in [4.69, 9.17) is 0 Å². The Balaban J connectivity index is 2.52. The Morgan fingerprint density at radius 3 is 2.72 bits per heavy atom. The predicted octanol–water partition coefficient (Wildman–Crippen LogP) is 3.97. The highest BCUT2D eigenvalue weighted by atomic mass is 79.9. The summed E-state index contributed by atoms with van der Waals surface area (Å²) < 4.78 is 1.20. The van der Waals surface area contributed by atoms with Crippen LogP contribution in [0, 0.1) is 5.41 Å². The molecule has 0 aromatic carbocycles. The zero-order valence-electron chi connectivity index (χ0n) is 11.9. The van der Waals surface area contributed by atoms with Crippen LogP contribution in [0.2, 0.25) is 0 Å². The number of hydrogen-bond acceptors (Lipinski definition) is 3. The largest absolute Gasteiger partial charge is 0.319 e. The van der Waals surface area contributed by atoms with Crippen LogP contribution in [0.4, 0.5) is 0 Å². The van der Waals surface area contributed by atoms with Crippen molar-refractivity contribution in [3.8, 4) is 0 Å². The highest BCUT2D eigenvalue weighted by molar-refractivity contribution is 9.10. The van der Waals surface area contributed by atoms with Crippen LogP contribution in [0.25, 0.3) is 0 Å². The van der Waals surface area contributed by atoms with Crippen molar-refractivity contribution in [3.63, 3.8) is 0 Å². The third-order valence-electron chi connectivity index (χ3n) is 3.16. The van der Waals surface area contributed by atoms with Gasteiger partial charge in [0.25, 0.3) is 0 Å². The number of rotatable bonds is 8. The molecule has 18 heavy (non-hydrogen) atoms. The SMILES string of the molecule is CCCC(C)(CNC)CN(C)Cc1cc(Br)cs1. The van der Waals surface area contributed by atoms with Crippen LogP contribution in [0.5, 0.6) is 0 Å². The number of nitrogens with zero attached hydrogens (tertiary/aromatic N) is 1. The summed E-state index contributed by atoms with van der Waals surface area (Å²) in [5.74, 6) is 0. The van der Waals surface area contributed by atoms with Gasteiger partial charge in [-0.2, -0.15) is 0 Å². The van der Waals surface area contributed by atoms with E-state index in [2.05, 4.69) is 58.5 Å². The molecule has 0 radical (unpaired) electrons. The van der Waals surface area contributed by atoms with Gasteiger partial charge in [0.15, 0.2) is 0 Å². The Morgan fingerprint density at radius 2 is 2.22 bits per heavy atom. The molecule has 0 amide bonds. The van der Waals surface area contributed by atoms with E-state index in [9.17, 15) is 0 Å². The number of thiophene rings is 1. The van der Waals surface area contributed by atoms with Gasteiger partial charge in [-0.05, 0) is 47.9 Å². The summed E-state index contributed by atoms with van der Waals surface area (Å²) in [6, 6.07) is 2.22. The van der Waals surface area contributed by atoms with Gasteiger partial charge in [-0.1, -0.05) is 20.3 Å². The monoisotopic (exact) mass is 332 g/mol. The first-order valence-electron chi connectivity index (χ1n) is 6.55. The van der Waals surface area contributed by atoms with E-state index in [-0.39, 0.29) is 0 Å². The molecule has 2 nitrogen and oxygen atoms in total. The second-order valence-electron chi connectivity index (χ2n) is 5.49. The van der Waals surface area contributed by atoms with Gasteiger partial charge in [-0.25, -0.2) is 0 Å². The van der Waals surface area contributed by atoms with Crippen LogP contribution >= 0.6 is 27.3 Å². The van der Waals surface area contributed by atoms with E-state index in [1.807, 2.05) is 18.4 Å². The molecule has 1 aromatic rings. The summed E-state index contributed by atoms with van der Waals surface area (Å²) in [6.45, 7) is 7.91. The van der Waals surface area contributed by atoms with E-state index >= 15 is 0 Å². The molecule has 1 atom stereocenters. The first-order valence-corrected chi connectivity index (χ1v) is 8.22. The average Bonchev–Trinajstić information content (AvgIpc) is 2.63. The molecule has 0 aliphatic rings. The van der Waals surface area contributed by atoms with Crippen molar-refractivity contribution in [3.05, 3.63) is 20.8 Å². The van der Waals surface area contributed by atoms with Gasteiger partial charge in [0.2, 0.25) is 0 Å². The smallest absolute Gasteiger partial charge is 0.0325 e. The van der Waals surface area contributed by atoms with Crippen LogP contribution < -0.4 is 5.32 Å². The van der Waals surface area contributed by atoms with Gasteiger partial charge in [-0.3, -0.25) is 0 Å². The second kappa shape index (κ2) is 7.63. The van der Waals surface area contributed by atoms with E-state index < -0.39 is 0 Å². The van der Waals surface area contributed by atoms with Crippen molar-refractivity contribution in [1.29, 1.82) is 0 Å². The Kier molecular flexibility index (Phi) is 6.85. The molecule has 1 aromatic heterocycles. The summed E-state index contributed by atoms with van der Waals surface area (Å²) in [7, 11) is 4.27. The van der Waals surface area contributed by atoms with Crippen molar-refractivity contribution in [2.75, 3.05) is 27.2 Å². The molecule has 1 heterocycles. The zero-order chi connectivity index (χ0) is 13.6. The van der Waals surface area contributed by atoms with E-state index in [0.29, 0.717) is 5.41 Å². The molecule has 1 rings (SSSR count). The summed E-state index contributed by atoms with van der Waals surface area (Å²) in [6.07, 6.45) is 2.52. The van der Waals surface area contributed by atoms with Crippen LogP contribution in [-0.2, 0) is 6.54 Å². The summed E-state index contributed by atoms with van der Waals surface area (Å²) in [4.78, 5) is 3.86. The minimum Gasteiger partial charge on any atom is -0.319 e. The van der Waals surface area contributed by atoms with Crippen molar-refractivity contribution in [2.45, 2.75) is 33.2 Å². The molecule has 0 spiro atoms. The number of nitrogens with one attached hydrogen (secondary N) is 1. The van der Waals surface area contributed by atoms with Gasteiger partial charge in [-0.15, -0.1) is 11.3 Å². The second-order valence-corrected chi connectivity index (χ2v) is 7.41. The Labute approximate surface area is 124 Å². The van der Waals surface area contributed by atoms with E-state index in [1.165, 1.54) is 22.2 Å². The fourth-order valence-electron chi connectivity index (χ4n) is 2.66. The Morgan fingerprint density at radius 1 is 1.50 bits per heavy atom. The molecular formula is C14H25BrN2S. The minimum atomic E-state index is 0.368. The molecule has 0 bridgehead atoms. The highest BCUT2D eigenvalue weighted by Gasteiger charge is 2.24. The molecule has 0 aliphatic carbocycles. The molecule has 1 N–H and O–H groups in total. The third-order valence-corrected chi connectivity index (χ3v) is 4.84. The zero-order valence-corrected chi connectivity index (χ0v) is 14.3. The normalized spacial score (nSPS) is 15.0. The quantitative estimate of drug-likeness (QED) is 0.774. The molecule has 0 saturated heterocycles. The van der Waals surface area contributed by atoms with Gasteiger partial charge < -0.3 is 10.2 Å². The van der Waals surface area contributed by atoms with Crippen molar-refractivity contribution in [2.24, 2.45) is 5.41 Å². The van der Waals surface area contributed by atoms with Crippen molar-refractivity contribution < 1.29 is 0 Å². The van der Waals surface area contributed by atoms with Gasteiger partial charge in [0, 0.05) is 34.4 Å². The number of halogens is 1. The molecule has 1 unspecified atom stereocenters. The minimum absolute atomic E-state index is 0.368. The van der Waals surface area contributed by atoms with Crippen LogP contribution in [0.1, 0.15) is 31.6 Å². The maximum Gasteiger partial charge on any atom is 0.0325 e. The topological polar surface area (TPSA) is 15.3 Å². The maximum absolute atomic E-state index is 3.52. The molecule has 0 fully saturated rings. The van der Waals surface area contributed by atoms with Crippen LogP contribution in [-0.4, -0.2) is 32.1 Å². The van der Waals surface area contributed by atoms with Crippen molar-refractivity contribution >= 4 is 27.3 Å². The molecule has 4 heteroatoms. The predicted molar refractivity (Wildman–Crippen MR) is 85.3 cm³/mol. The summed E-state index contributed by atoms with van der Waals surface area (Å²) >= 11 is 5.34. The molecule has 0 aliphatic heterocycles. The lowest BCUT2D eigenvalue weighted by Crippen LogP contribution is -2.39. The highest BCUT2D eigenvalue weighted by Crippen LogP contribution is 2.26. The maximum atomic E-state index is 3.52. The van der Waals surface area contributed by atoms with Crippen LogP contribution in [0.3, 0.4) is 0 Å². The van der Waals surface area contributed by atoms with E-state index in [0.717, 1.165) is 19.6 Å². The molecular weight excluding hydrogens is 308 g/mol. The number of hydrogen-bond donors (Lipinski definition) is 1. The molecule has 104 valence electrons. The fraction of sp³-hybridized carbons (Fsp3) is 0.714. The lowest BCUT2D eigenvalue weighted by Gasteiger charge is -2.33. The van der Waals surface area contributed by atoms with Gasteiger partial charge in [0.1, 0.15) is 0 Å². The Hall–Kier alpha value is 0.1000. The average molecular weight is 333 g/mol. The first-order chi connectivity index (χ1) is 8.49. The summed E-state index contributed by atoms with van der Waals surface area (Å²) in [5.41, 5.74) is 0.368. The third kappa shape index (κ3) is 5.39. The van der Waals surface area contributed by atoms with Crippen LogP contribution in [0.15, 0.2) is 15.9 Å². The fourth-order valence-corrected chi connectivity index (χ4v) is 4.19. The standard InChI is InChI=1S/C14H25BrN2S/c1-5-6-14(2,10-16-3)11-17(4)8-13-7-12(15)9-18-13/h7,9,16H,5-6,8,10-11H2,1-4H3. The lowest BCUT2D eigenvalue weighted by molar-refractivity contribution is 0.172. The first kappa shape index (κ1) is 16.2. The van der Waals surface area contributed by atoms with Gasteiger partial charge >= 0.3 is 0 Å². The van der Waals surface area contributed by atoms with Gasteiger partial charge in [0.05, 0.1) is 0 Å².